The second-order valence-corrected chi connectivity index (χ2v) is 7.25. The molecule has 2 fully saturated rings. The van der Waals surface area contributed by atoms with Crippen molar-refractivity contribution >= 4 is 11.8 Å². The molecule has 1 atom stereocenters. The van der Waals surface area contributed by atoms with Gasteiger partial charge in [-0.2, -0.15) is 11.8 Å². The lowest BCUT2D eigenvalue weighted by atomic mass is 10.1. The van der Waals surface area contributed by atoms with E-state index in [0.29, 0.717) is 6.04 Å². The minimum atomic E-state index is 0.491. The molecule has 2 heterocycles. The minimum absolute atomic E-state index is 0.491. The van der Waals surface area contributed by atoms with Crippen LogP contribution < -0.4 is 5.32 Å². The normalized spacial score (nSPS) is 25.6. The standard InChI is InChI=1S/C17H27N3S/c1-2-5-16(6-3-1)17-15-20(8-4-7-18-17)10-9-19-11-13-21-14-12-19/h1-3,5-6,17-18H,4,7-15H2. The van der Waals surface area contributed by atoms with Gasteiger partial charge in [0.1, 0.15) is 0 Å². The summed E-state index contributed by atoms with van der Waals surface area (Å²) in [6, 6.07) is 11.4. The van der Waals surface area contributed by atoms with Gasteiger partial charge in [0.15, 0.2) is 0 Å². The van der Waals surface area contributed by atoms with Gasteiger partial charge < -0.3 is 15.1 Å². The van der Waals surface area contributed by atoms with E-state index in [1.54, 1.807) is 0 Å². The molecule has 4 heteroatoms. The molecule has 1 unspecified atom stereocenters. The number of nitrogens with zero attached hydrogens (tertiary/aromatic N) is 2. The van der Waals surface area contributed by atoms with Gasteiger partial charge in [-0.05, 0) is 25.1 Å². The van der Waals surface area contributed by atoms with Gasteiger partial charge in [-0.3, -0.25) is 0 Å². The van der Waals surface area contributed by atoms with Gasteiger partial charge in [0.25, 0.3) is 0 Å². The van der Waals surface area contributed by atoms with Crippen LogP contribution >= 0.6 is 11.8 Å². The summed E-state index contributed by atoms with van der Waals surface area (Å²) in [5, 5.41) is 3.71. The quantitative estimate of drug-likeness (QED) is 0.917. The van der Waals surface area contributed by atoms with Crippen LogP contribution in [0.5, 0.6) is 0 Å². The predicted molar refractivity (Wildman–Crippen MR) is 92.0 cm³/mol. The highest BCUT2D eigenvalue weighted by Gasteiger charge is 2.19. The minimum Gasteiger partial charge on any atom is -0.309 e. The smallest absolute Gasteiger partial charge is 0.0449 e. The van der Waals surface area contributed by atoms with Crippen LogP contribution in [0.25, 0.3) is 0 Å². The van der Waals surface area contributed by atoms with E-state index in [-0.39, 0.29) is 0 Å². The molecule has 2 aliphatic heterocycles. The third-order valence-corrected chi connectivity index (χ3v) is 5.46. The largest absolute Gasteiger partial charge is 0.309 e. The van der Waals surface area contributed by atoms with Crippen LogP contribution in [0.1, 0.15) is 18.0 Å². The third kappa shape index (κ3) is 4.71. The molecule has 0 bridgehead atoms. The van der Waals surface area contributed by atoms with Gasteiger partial charge in [0.05, 0.1) is 0 Å². The number of hydrogen-bond acceptors (Lipinski definition) is 4. The van der Waals surface area contributed by atoms with Gasteiger partial charge in [-0.15, -0.1) is 0 Å². The van der Waals surface area contributed by atoms with E-state index in [2.05, 4.69) is 57.2 Å². The summed E-state index contributed by atoms with van der Waals surface area (Å²) in [7, 11) is 0. The Bertz CT molecular complexity index is 406. The summed E-state index contributed by atoms with van der Waals surface area (Å²) in [5.74, 6) is 2.63. The van der Waals surface area contributed by atoms with Crippen molar-refractivity contribution in [1.82, 2.24) is 15.1 Å². The first kappa shape index (κ1) is 15.3. The molecule has 0 amide bonds. The van der Waals surface area contributed by atoms with Gasteiger partial charge in [0, 0.05) is 50.3 Å². The molecule has 0 radical (unpaired) electrons. The van der Waals surface area contributed by atoms with Gasteiger partial charge in [0.2, 0.25) is 0 Å². The van der Waals surface area contributed by atoms with Crippen molar-refractivity contribution < 1.29 is 0 Å². The predicted octanol–water partition coefficient (Wildman–Crippen LogP) is 2.07. The Hall–Kier alpha value is -0.550. The van der Waals surface area contributed by atoms with Crippen molar-refractivity contribution in [3.8, 4) is 0 Å². The van der Waals surface area contributed by atoms with E-state index >= 15 is 0 Å². The Morgan fingerprint density at radius 3 is 2.57 bits per heavy atom. The fourth-order valence-corrected chi connectivity index (χ4v) is 4.19. The summed E-state index contributed by atoms with van der Waals surface area (Å²) in [5.41, 5.74) is 1.43. The van der Waals surface area contributed by atoms with Crippen LogP contribution in [0.3, 0.4) is 0 Å². The second-order valence-electron chi connectivity index (χ2n) is 6.03. The Morgan fingerprint density at radius 2 is 1.76 bits per heavy atom. The van der Waals surface area contributed by atoms with E-state index in [9.17, 15) is 0 Å². The summed E-state index contributed by atoms with van der Waals surface area (Å²) in [6.07, 6.45) is 1.26. The Kier molecular flexibility index (Phi) is 5.98. The zero-order valence-electron chi connectivity index (χ0n) is 12.8. The van der Waals surface area contributed by atoms with Crippen molar-refractivity contribution in [2.75, 3.05) is 57.3 Å². The van der Waals surface area contributed by atoms with Gasteiger partial charge >= 0.3 is 0 Å². The van der Waals surface area contributed by atoms with E-state index in [0.717, 1.165) is 13.1 Å². The number of benzene rings is 1. The van der Waals surface area contributed by atoms with Crippen molar-refractivity contribution in [3.05, 3.63) is 35.9 Å². The van der Waals surface area contributed by atoms with Crippen LogP contribution in [0, 0.1) is 0 Å². The molecule has 3 rings (SSSR count). The monoisotopic (exact) mass is 305 g/mol. The van der Waals surface area contributed by atoms with Gasteiger partial charge in [-0.1, -0.05) is 30.3 Å². The Balaban J connectivity index is 1.52. The summed E-state index contributed by atoms with van der Waals surface area (Å²) >= 11 is 2.10. The van der Waals surface area contributed by atoms with E-state index in [1.807, 2.05) is 0 Å². The molecule has 0 spiro atoms. The highest BCUT2D eigenvalue weighted by Crippen LogP contribution is 2.17. The van der Waals surface area contributed by atoms with Crippen LogP contribution in [0.2, 0.25) is 0 Å². The molecule has 0 saturated carbocycles. The fraction of sp³-hybridized carbons (Fsp3) is 0.647. The van der Waals surface area contributed by atoms with E-state index in [4.69, 9.17) is 0 Å². The molecule has 0 aliphatic carbocycles. The molecule has 2 aliphatic rings. The molecule has 1 N–H and O–H groups in total. The Morgan fingerprint density at radius 1 is 1.00 bits per heavy atom. The zero-order valence-corrected chi connectivity index (χ0v) is 13.7. The summed E-state index contributed by atoms with van der Waals surface area (Å²) in [6.45, 7) is 8.53. The molecular formula is C17H27N3S. The first-order valence-electron chi connectivity index (χ1n) is 8.22. The second kappa shape index (κ2) is 8.18. The molecule has 1 aromatic carbocycles. The fourth-order valence-electron chi connectivity index (χ4n) is 3.21. The first-order valence-corrected chi connectivity index (χ1v) is 9.38. The zero-order chi connectivity index (χ0) is 14.3. The van der Waals surface area contributed by atoms with Crippen LogP contribution in [0.15, 0.2) is 30.3 Å². The lowest BCUT2D eigenvalue weighted by Crippen LogP contribution is -2.41. The lowest BCUT2D eigenvalue weighted by molar-refractivity contribution is 0.211. The maximum Gasteiger partial charge on any atom is 0.0449 e. The van der Waals surface area contributed by atoms with E-state index < -0.39 is 0 Å². The van der Waals surface area contributed by atoms with Crippen LogP contribution in [-0.2, 0) is 0 Å². The number of rotatable bonds is 4. The average Bonchev–Trinajstić information content (AvgIpc) is 2.80. The van der Waals surface area contributed by atoms with E-state index in [1.165, 1.54) is 56.2 Å². The third-order valence-electron chi connectivity index (χ3n) is 4.52. The molecule has 21 heavy (non-hydrogen) atoms. The molecule has 3 nitrogen and oxygen atoms in total. The first-order chi connectivity index (χ1) is 10.4. The van der Waals surface area contributed by atoms with Gasteiger partial charge in [-0.25, -0.2) is 0 Å². The SMILES string of the molecule is c1ccc(C2CN(CCN3CCSCC3)CCCN2)cc1. The molecule has 116 valence electrons. The number of nitrogens with one attached hydrogen (secondary N) is 1. The molecule has 2 saturated heterocycles. The molecule has 1 aromatic rings. The number of thioether (sulfide) groups is 1. The Labute approximate surface area is 133 Å². The maximum atomic E-state index is 3.71. The number of hydrogen-bond donors (Lipinski definition) is 1. The highest BCUT2D eigenvalue weighted by atomic mass is 32.2. The van der Waals surface area contributed by atoms with Crippen molar-refractivity contribution in [1.29, 1.82) is 0 Å². The average molecular weight is 305 g/mol. The van der Waals surface area contributed by atoms with Crippen LogP contribution in [-0.4, -0.2) is 67.1 Å². The topological polar surface area (TPSA) is 18.5 Å². The molecular weight excluding hydrogens is 278 g/mol. The highest BCUT2D eigenvalue weighted by molar-refractivity contribution is 7.99. The molecule has 0 aromatic heterocycles. The van der Waals surface area contributed by atoms with Crippen molar-refractivity contribution in [2.24, 2.45) is 0 Å². The van der Waals surface area contributed by atoms with Crippen molar-refractivity contribution in [2.45, 2.75) is 12.5 Å². The lowest BCUT2D eigenvalue weighted by Gasteiger charge is -2.30. The van der Waals surface area contributed by atoms with Crippen LogP contribution in [0.4, 0.5) is 0 Å². The maximum absolute atomic E-state index is 3.71. The van der Waals surface area contributed by atoms with Crippen molar-refractivity contribution in [3.63, 3.8) is 0 Å². The summed E-state index contributed by atoms with van der Waals surface area (Å²) < 4.78 is 0. The summed E-state index contributed by atoms with van der Waals surface area (Å²) in [4.78, 5) is 5.28.